The minimum atomic E-state index is -0.333. The monoisotopic (exact) mass is 346 g/mol. The molecule has 0 fully saturated rings. The van der Waals surface area contributed by atoms with Gasteiger partial charge < -0.3 is 15.0 Å². The van der Waals surface area contributed by atoms with Crippen LogP contribution < -0.4 is 5.56 Å². The van der Waals surface area contributed by atoms with Crippen molar-refractivity contribution in [3.05, 3.63) is 62.0 Å². The van der Waals surface area contributed by atoms with Crippen molar-refractivity contribution in [1.82, 2.24) is 19.5 Å². The van der Waals surface area contributed by atoms with Gasteiger partial charge in [-0.3, -0.25) is 4.79 Å². The van der Waals surface area contributed by atoms with Crippen molar-refractivity contribution < 1.29 is 5.11 Å². The van der Waals surface area contributed by atoms with E-state index in [4.69, 9.17) is 11.6 Å². The first-order valence-corrected chi connectivity index (χ1v) is 7.96. The van der Waals surface area contributed by atoms with E-state index in [1.807, 2.05) is 44.1 Å². The topological polar surface area (TPSA) is 73.6 Å². The predicted octanol–water partition coefficient (Wildman–Crippen LogP) is 2.34. The summed E-state index contributed by atoms with van der Waals surface area (Å²) in [4.78, 5) is 17.3. The normalized spacial score (nSPS) is 11.5. The summed E-state index contributed by atoms with van der Waals surface area (Å²) in [6.45, 7) is 2.48. The van der Waals surface area contributed by atoms with Gasteiger partial charge in [-0.1, -0.05) is 29.8 Å². The minimum absolute atomic E-state index is 0.151. The van der Waals surface area contributed by atoms with Crippen LogP contribution in [0.5, 0.6) is 5.88 Å². The molecule has 24 heavy (non-hydrogen) atoms. The Balaban J connectivity index is 2.15. The fourth-order valence-corrected chi connectivity index (χ4v) is 2.95. The van der Waals surface area contributed by atoms with Gasteiger partial charge in [-0.05, 0) is 32.6 Å². The molecule has 0 bridgehead atoms. The van der Waals surface area contributed by atoms with Crippen molar-refractivity contribution in [2.24, 2.45) is 0 Å². The molecular formula is C17H19ClN4O2. The number of fused-ring (bicyclic) bond motifs is 1. The number of aromatic nitrogens is 3. The Bertz CT molecular complexity index is 959. The van der Waals surface area contributed by atoms with E-state index in [1.54, 1.807) is 6.07 Å². The second-order valence-corrected chi connectivity index (χ2v) is 6.49. The largest absolute Gasteiger partial charge is 0.493 e. The number of hydrogen-bond donors (Lipinski definition) is 2. The first-order valence-electron chi connectivity index (χ1n) is 7.59. The van der Waals surface area contributed by atoms with Crippen LogP contribution in [0, 0.1) is 6.92 Å². The molecule has 3 aromatic rings. The number of halogens is 1. The zero-order valence-corrected chi connectivity index (χ0v) is 14.6. The molecule has 0 atom stereocenters. The van der Waals surface area contributed by atoms with Crippen LogP contribution in [0.15, 0.2) is 29.1 Å². The third-order valence-electron chi connectivity index (χ3n) is 3.96. The van der Waals surface area contributed by atoms with Crippen molar-refractivity contribution in [2.45, 2.75) is 19.9 Å². The molecule has 1 aromatic carbocycles. The molecule has 0 aliphatic carbocycles. The van der Waals surface area contributed by atoms with Gasteiger partial charge in [-0.2, -0.15) is 9.61 Å². The SMILES string of the molecule is Cc1nn2c(O)c(Cc3ccccc3Cl)c(=O)[nH]c2c1CN(C)C. The lowest BCUT2D eigenvalue weighted by molar-refractivity contribution is 0.402. The van der Waals surface area contributed by atoms with E-state index < -0.39 is 0 Å². The van der Waals surface area contributed by atoms with E-state index >= 15 is 0 Å². The van der Waals surface area contributed by atoms with E-state index in [0.29, 0.717) is 17.2 Å². The summed E-state index contributed by atoms with van der Waals surface area (Å²) in [6, 6.07) is 7.26. The fourth-order valence-electron chi connectivity index (χ4n) is 2.75. The zero-order chi connectivity index (χ0) is 17.4. The second kappa shape index (κ2) is 6.30. The second-order valence-electron chi connectivity index (χ2n) is 6.09. The molecule has 126 valence electrons. The first kappa shape index (κ1) is 16.5. The summed E-state index contributed by atoms with van der Waals surface area (Å²) in [5.41, 5.74) is 2.86. The highest BCUT2D eigenvalue weighted by molar-refractivity contribution is 6.31. The highest BCUT2D eigenvalue weighted by Gasteiger charge is 2.19. The van der Waals surface area contributed by atoms with Crippen LogP contribution in [-0.2, 0) is 13.0 Å². The number of aromatic amines is 1. The minimum Gasteiger partial charge on any atom is -0.493 e. The van der Waals surface area contributed by atoms with Crippen LogP contribution in [0.25, 0.3) is 5.65 Å². The number of aryl methyl sites for hydroxylation is 1. The molecule has 3 rings (SSSR count). The Kier molecular flexibility index (Phi) is 4.34. The van der Waals surface area contributed by atoms with E-state index in [0.717, 1.165) is 16.8 Å². The van der Waals surface area contributed by atoms with E-state index in [1.165, 1.54) is 4.52 Å². The predicted molar refractivity (Wildman–Crippen MR) is 93.9 cm³/mol. The Hall–Kier alpha value is -2.31. The van der Waals surface area contributed by atoms with E-state index in [9.17, 15) is 9.90 Å². The maximum Gasteiger partial charge on any atom is 0.258 e. The molecule has 2 aromatic heterocycles. The number of nitrogens with one attached hydrogen (secondary N) is 1. The molecule has 0 radical (unpaired) electrons. The molecule has 0 spiro atoms. The van der Waals surface area contributed by atoms with Crippen LogP contribution in [0.4, 0.5) is 0 Å². The summed E-state index contributed by atoms with van der Waals surface area (Å²) in [5.74, 6) is -0.151. The zero-order valence-electron chi connectivity index (χ0n) is 13.8. The third-order valence-corrected chi connectivity index (χ3v) is 4.33. The quantitative estimate of drug-likeness (QED) is 0.760. The summed E-state index contributed by atoms with van der Waals surface area (Å²) >= 11 is 6.16. The van der Waals surface area contributed by atoms with Gasteiger partial charge in [0, 0.05) is 23.6 Å². The maximum atomic E-state index is 12.5. The molecule has 0 saturated heterocycles. The Morgan fingerprint density at radius 3 is 2.67 bits per heavy atom. The Morgan fingerprint density at radius 1 is 1.29 bits per heavy atom. The van der Waals surface area contributed by atoms with Crippen molar-refractivity contribution >= 4 is 17.2 Å². The Labute approximate surface area is 144 Å². The molecule has 0 unspecified atom stereocenters. The maximum absolute atomic E-state index is 12.5. The molecule has 2 heterocycles. The lowest BCUT2D eigenvalue weighted by Gasteiger charge is -2.10. The molecule has 0 aliphatic rings. The first-order chi connectivity index (χ1) is 11.4. The molecule has 0 aliphatic heterocycles. The fraction of sp³-hybridized carbons (Fsp3) is 0.294. The lowest BCUT2D eigenvalue weighted by atomic mass is 10.1. The van der Waals surface area contributed by atoms with Crippen molar-refractivity contribution in [2.75, 3.05) is 14.1 Å². The van der Waals surface area contributed by atoms with Gasteiger partial charge in [0.15, 0.2) is 0 Å². The number of hydrogen-bond acceptors (Lipinski definition) is 4. The van der Waals surface area contributed by atoms with Gasteiger partial charge in [0.2, 0.25) is 5.88 Å². The van der Waals surface area contributed by atoms with Crippen LogP contribution in [-0.4, -0.2) is 38.7 Å². The number of rotatable bonds is 4. The molecule has 7 heteroatoms. The van der Waals surface area contributed by atoms with Gasteiger partial charge in [0.05, 0.1) is 11.3 Å². The van der Waals surface area contributed by atoms with Gasteiger partial charge in [0.1, 0.15) is 5.65 Å². The number of aromatic hydroxyl groups is 1. The number of benzene rings is 1. The number of H-pyrrole nitrogens is 1. The van der Waals surface area contributed by atoms with Crippen molar-refractivity contribution in [1.29, 1.82) is 0 Å². The number of nitrogens with zero attached hydrogens (tertiary/aromatic N) is 3. The van der Waals surface area contributed by atoms with Crippen LogP contribution in [0.3, 0.4) is 0 Å². The summed E-state index contributed by atoms with van der Waals surface area (Å²) < 4.78 is 1.39. The van der Waals surface area contributed by atoms with Crippen molar-refractivity contribution in [3.63, 3.8) is 0 Å². The van der Waals surface area contributed by atoms with Crippen LogP contribution in [0.2, 0.25) is 5.02 Å². The van der Waals surface area contributed by atoms with E-state index in [2.05, 4.69) is 10.1 Å². The Morgan fingerprint density at radius 2 is 2.00 bits per heavy atom. The summed E-state index contributed by atoms with van der Waals surface area (Å²) in [7, 11) is 3.87. The average Bonchev–Trinajstić information content (AvgIpc) is 2.82. The van der Waals surface area contributed by atoms with Crippen LogP contribution in [0.1, 0.15) is 22.4 Å². The van der Waals surface area contributed by atoms with Gasteiger partial charge in [0.25, 0.3) is 5.56 Å². The van der Waals surface area contributed by atoms with Crippen molar-refractivity contribution in [3.8, 4) is 5.88 Å². The smallest absolute Gasteiger partial charge is 0.258 e. The lowest BCUT2D eigenvalue weighted by Crippen LogP contribution is -2.18. The molecular weight excluding hydrogens is 328 g/mol. The van der Waals surface area contributed by atoms with Crippen LogP contribution >= 0.6 is 11.6 Å². The van der Waals surface area contributed by atoms with Gasteiger partial charge in [-0.25, -0.2) is 0 Å². The highest BCUT2D eigenvalue weighted by Crippen LogP contribution is 2.24. The summed E-state index contributed by atoms with van der Waals surface area (Å²) in [6.07, 6.45) is 0.235. The average molecular weight is 347 g/mol. The standard InChI is InChI=1S/C17H19ClN4O2/c1-10-13(9-21(2)3)15-19-16(23)12(17(24)22(15)20-10)8-11-6-4-5-7-14(11)18/h4-7,24H,8-9H2,1-3H3,(H,19,23). The summed E-state index contributed by atoms with van der Waals surface area (Å²) in [5, 5.41) is 15.5. The third kappa shape index (κ3) is 2.90. The molecule has 0 amide bonds. The van der Waals surface area contributed by atoms with E-state index in [-0.39, 0.29) is 23.4 Å². The molecule has 2 N–H and O–H groups in total. The van der Waals surface area contributed by atoms with Gasteiger partial charge in [-0.15, -0.1) is 0 Å². The highest BCUT2D eigenvalue weighted by atomic mass is 35.5. The molecule has 0 saturated carbocycles. The molecule has 6 nitrogen and oxygen atoms in total. The van der Waals surface area contributed by atoms with Gasteiger partial charge >= 0.3 is 0 Å².